The number of methoxy groups -OCH3 is 1. The van der Waals surface area contributed by atoms with Crippen molar-refractivity contribution in [2.24, 2.45) is 5.92 Å². The first-order valence-corrected chi connectivity index (χ1v) is 7.79. The molecule has 0 unspecified atom stereocenters. The third-order valence-corrected chi connectivity index (χ3v) is 4.56. The molecule has 2 aliphatic rings. The summed E-state index contributed by atoms with van der Waals surface area (Å²) < 4.78 is 10.6. The average molecular weight is 310 g/mol. The van der Waals surface area contributed by atoms with Gasteiger partial charge in [0.05, 0.1) is 19.6 Å². The zero-order chi connectivity index (χ0) is 14.8. The molecule has 21 heavy (non-hydrogen) atoms. The van der Waals surface area contributed by atoms with E-state index in [1.54, 1.807) is 0 Å². The van der Waals surface area contributed by atoms with E-state index < -0.39 is 0 Å². The Hall–Kier alpha value is -1.26. The highest BCUT2D eigenvalue weighted by Crippen LogP contribution is 2.34. The Bertz CT molecular complexity index is 539. The van der Waals surface area contributed by atoms with Gasteiger partial charge in [-0.05, 0) is 43.6 Å². The maximum absolute atomic E-state index is 11.6. The van der Waals surface area contributed by atoms with Crippen LogP contribution in [0.2, 0.25) is 5.02 Å². The molecular weight excluding hydrogens is 290 g/mol. The molecule has 0 aliphatic carbocycles. The largest absolute Gasteiger partial charge is 0.493 e. The molecule has 1 saturated heterocycles. The van der Waals surface area contributed by atoms with Crippen LogP contribution in [0.5, 0.6) is 5.75 Å². The zero-order valence-corrected chi connectivity index (χ0v) is 13.0. The standard InChI is InChI=1S/C16H20ClNO3/c1-20-16(19)11-2-5-18(6-3-11)10-13-9-14(17)8-12-4-7-21-15(12)13/h8-9,11H,2-7,10H2,1H3. The molecule has 3 rings (SSSR count). The van der Waals surface area contributed by atoms with E-state index in [0.29, 0.717) is 0 Å². The van der Waals surface area contributed by atoms with Crippen LogP contribution in [0.3, 0.4) is 0 Å². The molecule has 0 radical (unpaired) electrons. The van der Waals surface area contributed by atoms with E-state index in [1.165, 1.54) is 12.7 Å². The molecule has 0 bridgehead atoms. The van der Waals surface area contributed by atoms with Gasteiger partial charge in [-0.2, -0.15) is 0 Å². The molecule has 0 saturated carbocycles. The Labute approximate surface area is 130 Å². The van der Waals surface area contributed by atoms with Crippen LogP contribution in [0.4, 0.5) is 0 Å². The Morgan fingerprint density at radius 2 is 2.19 bits per heavy atom. The normalized spacial score (nSPS) is 19.1. The molecule has 0 spiro atoms. The Morgan fingerprint density at radius 1 is 1.43 bits per heavy atom. The number of piperidine rings is 1. The van der Waals surface area contributed by atoms with E-state index in [1.807, 2.05) is 12.1 Å². The number of halogens is 1. The number of carbonyl (C=O) groups excluding carboxylic acids is 1. The van der Waals surface area contributed by atoms with Crippen LogP contribution in [0.25, 0.3) is 0 Å². The average Bonchev–Trinajstić information content (AvgIpc) is 2.95. The van der Waals surface area contributed by atoms with Crippen molar-refractivity contribution >= 4 is 17.6 Å². The van der Waals surface area contributed by atoms with Crippen LogP contribution in [-0.4, -0.2) is 37.7 Å². The lowest BCUT2D eigenvalue weighted by Gasteiger charge is -2.31. The van der Waals surface area contributed by atoms with E-state index in [9.17, 15) is 4.79 Å². The highest BCUT2D eigenvalue weighted by molar-refractivity contribution is 6.30. The third-order valence-electron chi connectivity index (χ3n) is 4.34. The summed E-state index contributed by atoms with van der Waals surface area (Å²) >= 11 is 6.19. The van der Waals surface area contributed by atoms with Gasteiger partial charge in [-0.25, -0.2) is 0 Å². The molecule has 0 atom stereocenters. The van der Waals surface area contributed by atoms with E-state index >= 15 is 0 Å². The van der Waals surface area contributed by atoms with Crippen LogP contribution < -0.4 is 4.74 Å². The fraction of sp³-hybridized carbons (Fsp3) is 0.562. The molecule has 5 heteroatoms. The van der Waals surface area contributed by atoms with Gasteiger partial charge in [-0.15, -0.1) is 0 Å². The van der Waals surface area contributed by atoms with Gasteiger partial charge in [-0.3, -0.25) is 9.69 Å². The molecule has 1 fully saturated rings. The molecule has 4 nitrogen and oxygen atoms in total. The van der Waals surface area contributed by atoms with Crippen molar-refractivity contribution in [2.75, 3.05) is 26.8 Å². The minimum atomic E-state index is -0.0818. The maximum Gasteiger partial charge on any atom is 0.308 e. The number of esters is 1. The molecule has 114 valence electrons. The number of hydrogen-bond acceptors (Lipinski definition) is 4. The second-order valence-electron chi connectivity index (χ2n) is 5.73. The Balaban J connectivity index is 1.65. The Kier molecular flexibility index (Phi) is 4.36. The van der Waals surface area contributed by atoms with Gasteiger partial charge in [0.1, 0.15) is 5.75 Å². The summed E-state index contributed by atoms with van der Waals surface area (Å²) in [6.45, 7) is 3.38. The van der Waals surface area contributed by atoms with E-state index in [-0.39, 0.29) is 11.9 Å². The second-order valence-corrected chi connectivity index (χ2v) is 6.16. The number of carbonyl (C=O) groups is 1. The number of fused-ring (bicyclic) bond motifs is 1. The van der Waals surface area contributed by atoms with Gasteiger partial charge >= 0.3 is 5.97 Å². The molecule has 2 aliphatic heterocycles. The minimum Gasteiger partial charge on any atom is -0.493 e. The van der Waals surface area contributed by atoms with E-state index in [2.05, 4.69) is 4.90 Å². The topological polar surface area (TPSA) is 38.8 Å². The Morgan fingerprint density at radius 3 is 2.90 bits per heavy atom. The van der Waals surface area contributed by atoms with Crippen molar-refractivity contribution in [3.8, 4) is 5.75 Å². The summed E-state index contributed by atoms with van der Waals surface area (Å²) in [6.07, 6.45) is 2.65. The smallest absolute Gasteiger partial charge is 0.308 e. The third kappa shape index (κ3) is 3.16. The number of likely N-dealkylation sites (tertiary alicyclic amines) is 1. The fourth-order valence-electron chi connectivity index (χ4n) is 3.20. The van der Waals surface area contributed by atoms with E-state index in [4.69, 9.17) is 21.1 Å². The molecule has 0 aromatic heterocycles. The van der Waals surface area contributed by atoms with Crippen LogP contribution >= 0.6 is 11.6 Å². The van der Waals surface area contributed by atoms with Gasteiger partial charge < -0.3 is 9.47 Å². The minimum absolute atomic E-state index is 0.0487. The molecule has 1 aromatic carbocycles. The lowest BCUT2D eigenvalue weighted by atomic mass is 9.96. The predicted molar refractivity (Wildman–Crippen MR) is 80.7 cm³/mol. The van der Waals surface area contributed by atoms with Crippen LogP contribution in [0, 0.1) is 5.92 Å². The molecule has 1 aromatic rings. The zero-order valence-electron chi connectivity index (χ0n) is 12.2. The SMILES string of the molecule is COC(=O)C1CCN(Cc2cc(Cl)cc3c2OCC3)CC1. The van der Waals surface area contributed by atoms with Gasteiger partial charge in [0.25, 0.3) is 0 Å². The number of rotatable bonds is 3. The lowest BCUT2D eigenvalue weighted by molar-refractivity contribution is -0.147. The number of ether oxygens (including phenoxy) is 2. The van der Waals surface area contributed by atoms with Crippen LogP contribution in [0.1, 0.15) is 24.0 Å². The second kappa shape index (κ2) is 6.24. The fourth-order valence-corrected chi connectivity index (χ4v) is 3.46. The quantitative estimate of drug-likeness (QED) is 0.805. The number of benzene rings is 1. The predicted octanol–water partition coefficient (Wildman–Crippen LogP) is 2.66. The number of hydrogen-bond donors (Lipinski definition) is 0. The van der Waals surface area contributed by atoms with Crippen molar-refractivity contribution in [1.82, 2.24) is 4.90 Å². The van der Waals surface area contributed by atoms with Crippen LogP contribution in [-0.2, 0) is 22.5 Å². The monoisotopic (exact) mass is 309 g/mol. The van der Waals surface area contributed by atoms with Gasteiger partial charge in [0.15, 0.2) is 0 Å². The van der Waals surface area contributed by atoms with Gasteiger partial charge in [-0.1, -0.05) is 11.6 Å². The first-order chi connectivity index (χ1) is 10.2. The van der Waals surface area contributed by atoms with E-state index in [0.717, 1.165) is 61.8 Å². The van der Waals surface area contributed by atoms with Gasteiger partial charge in [0.2, 0.25) is 0 Å². The molecular formula is C16H20ClNO3. The molecule has 0 amide bonds. The number of nitrogens with zero attached hydrogens (tertiary/aromatic N) is 1. The summed E-state index contributed by atoms with van der Waals surface area (Å²) in [5.74, 6) is 0.976. The summed E-state index contributed by atoms with van der Waals surface area (Å²) in [4.78, 5) is 13.9. The first kappa shape index (κ1) is 14.7. The van der Waals surface area contributed by atoms with Crippen molar-refractivity contribution in [1.29, 1.82) is 0 Å². The maximum atomic E-state index is 11.6. The van der Waals surface area contributed by atoms with Crippen molar-refractivity contribution in [3.05, 3.63) is 28.3 Å². The van der Waals surface area contributed by atoms with Gasteiger partial charge in [0, 0.05) is 23.6 Å². The highest BCUT2D eigenvalue weighted by atomic mass is 35.5. The summed E-state index contributed by atoms with van der Waals surface area (Å²) in [5, 5.41) is 0.777. The highest BCUT2D eigenvalue weighted by Gasteiger charge is 2.27. The first-order valence-electron chi connectivity index (χ1n) is 7.41. The molecule has 2 heterocycles. The lowest BCUT2D eigenvalue weighted by Crippen LogP contribution is -2.36. The summed E-state index contributed by atoms with van der Waals surface area (Å²) in [7, 11) is 1.46. The van der Waals surface area contributed by atoms with Crippen LogP contribution in [0.15, 0.2) is 12.1 Å². The van der Waals surface area contributed by atoms with Crippen molar-refractivity contribution in [2.45, 2.75) is 25.8 Å². The summed E-state index contributed by atoms with van der Waals surface area (Å²) in [6, 6.07) is 4.00. The van der Waals surface area contributed by atoms with Crippen molar-refractivity contribution in [3.63, 3.8) is 0 Å². The summed E-state index contributed by atoms with van der Waals surface area (Å²) in [5.41, 5.74) is 2.37. The van der Waals surface area contributed by atoms with Crippen molar-refractivity contribution < 1.29 is 14.3 Å². The molecule has 0 N–H and O–H groups in total.